The van der Waals surface area contributed by atoms with E-state index in [1.54, 1.807) is 0 Å². The highest BCUT2D eigenvalue weighted by Crippen LogP contribution is 2.13. The van der Waals surface area contributed by atoms with E-state index in [-0.39, 0.29) is 5.54 Å². The van der Waals surface area contributed by atoms with E-state index in [0.29, 0.717) is 6.04 Å². The van der Waals surface area contributed by atoms with Crippen molar-refractivity contribution >= 4 is 0 Å². The molecule has 0 aliphatic carbocycles. The van der Waals surface area contributed by atoms with Crippen molar-refractivity contribution in [2.75, 3.05) is 19.6 Å². The third kappa shape index (κ3) is 5.39. The number of piperidine rings is 1. The Hall–Kier alpha value is -0.780. The second-order valence-corrected chi connectivity index (χ2v) is 5.77. The monoisotopic (exact) mass is 234 g/mol. The third-order valence-corrected chi connectivity index (χ3v) is 3.27. The summed E-state index contributed by atoms with van der Waals surface area (Å²) >= 11 is 0. The number of nitrogens with zero attached hydrogens (tertiary/aromatic N) is 1. The van der Waals surface area contributed by atoms with Crippen LogP contribution in [0.2, 0.25) is 0 Å². The van der Waals surface area contributed by atoms with Gasteiger partial charge in [0.2, 0.25) is 0 Å². The number of rotatable bonds is 4. The Kier molecular flexibility index (Phi) is 5.24. The van der Waals surface area contributed by atoms with Crippen LogP contribution in [0.1, 0.15) is 40.5 Å². The van der Waals surface area contributed by atoms with E-state index in [9.17, 15) is 0 Å². The number of hydrogen-bond acceptors (Lipinski definition) is 2. The second-order valence-electron chi connectivity index (χ2n) is 5.77. The van der Waals surface area contributed by atoms with Gasteiger partial charge in [-0.25, -0.2) is 0 Å². The molecular weight excluding hydrogens is 208 g/mol. The van der Waals surface area contributed by atoms with Crippen LogP contribution in [0.25, 0.3) is 0 Å². The zero-order valence-corrected chi connectivity index (χ0v) is 11.7. The van der Waals surface area contributed by atoms with E-state index in [0.717, 1.165) is 6.54 Å². The first-order valence-corrected chi connectivity index (χ1v) is 6.54. The van der Waals surface area contributed by atoms with Gasteiger partial charge in [-0.05, 0) is 53.6 Å². The van der Waals surface area contributed by atoms with E-state index < -0.39 is 0 Å². The van der Waals surface area contributed by atoms with E-state index >= 15 is 0 Å². The summed E-state index contributed by atoms with van der Waals surface area (Å²) < 4.78 is 0. The largest absolute Gasteiger partial charge is 0.300 e. The van der Waals surface area contributed by atoms with Gasteiger partial charge in [-0.2, -0.15) is 0 Å². The lowest BCUT2D eigenvalue weighted by Crippen LogP contribution is -2.50. The summed E-state index contributed by atoms with van der Waals surface area (Å²) in [5.74, 6) is 2.81. The van der Waals surface area contributed by atoms with Gasteiger partial charge in [0, 0.05) is 12.6 Å². The van der Waals surface area contributed by atoms with E-state index in [2.05, 4.69) is 49.9 Å². The van der Waals surface area contributed by atoms with Gasteiger partial charge in [-0.15, -0.1) is 6.42 Å². The molecule has 96 valence electrons. The smallest absolute Gasteiger partial charge is 0.0743 e. The van der Waals surface area contributed by atoms with Crippen molar-refractivity contribution in [3.05, 3.63) is 11.6 Å². The van der Waals surface area contributed by atoms with Crippen LogP contribution in [0.5, 0.6) is 0 Å². The molecule has 2 heteroatoms. The van der Waals surface area contributed by atoms with E-state index in [1.807, 2.05) is 0 Å². The second kappa shape index (κ2) is 6.23. The predicted molar refractivity (Wildman–Crippen MR) is 74.9 cm³/mol. The Morgan fingerprint density at radius 1 is 1.41 bits per heavy atom. The topological polar surface area (TPSA) is 15.3 Å². The van der Waals surface area contributed by atoms with Crippen LogP contribution in [-0.2, 0) is 0 Å². The van der Waals surface area contributed by atoms with Crippen molar-refractivity contribution in [3.63, 3.8) is 0 Å². The maximum atomic E-state index is 5.50. The number of likely N-dealkylation sites (tertiary alicyclic amines) is 1. The van der Waals surface area contributed by atoms with E-state index in [4.69, 9.17) is 6.42 Å². The van der Waals surface area contributed by atoms with Crippen molar-refractivity contribution in [1.29, 1.82) is 0 Å². The molecule has 0 unspecified atom stereocenters. The Labute approximate surface area is 106 Å². The third-order valence-electron chi connectivity index (χ3n) is 3.27. The summed E-state index contributed by atoms with van der Waals surface area (Å²) in [6, 6.07) is 0.573. The van der Waals surface area contributed by atoms with E-state index in [1.165, 1.54) is 31.5 Å². The molecule has 0 atom stereocenters. The standard InChI is InChI=1S/C15H26N2/c1-6-15(4,5)16-14-8-11-17(12-9-14)10-7-13(2)3/h1,7,14,16H,8-12H2,2-5H3. The van der Waals surface area contributed by atoms with Crippen molar-refractivity contribution in [2.45, 2.75) is 52.1 Å². The van der Waals surface area contributed by atoms with Gasteiger partial charge in [0.25, 0.3) is 0 Å². The van der Waals surface area contributed by atoms with Gasteiger partial charge in [0.05, 0.1) is 5.54 Å². The fourth-order valence-corrected chi connectivity index (χ4v) is 2.12. The molecule has 17 heavy (non-hydrogen) atoms. The molecule has 2 nitrogen and oxygen atoms in total. The Morgan fingerprint density at radius 3 is 2.47 bits per heavy atom. The SMILES string of the molecule is C#CC(C)(C)NC1CCN(CC=C(C)C)CC1. The molecule has 0 bridgehead atoms. The quantitative estimate of drug-likeness (QED) is 0.593. The van der Waals surface area contributed by atoms with Gasteiger partial charge >= 0.3 is 0 Å². The minimum atomic E-state index is -0.174. The van der Waals surface area contributed by atoms with Crippen LogP contribution in [-0.4, -0.2) is 36.1 Å². The lowest BCUT2D eigenvalue weighted by molar-refractivity contribution is 0.202. The Morgan fingerprint density at radius 2 is 2.00 bits per heavy atom. The molecule has 0 aromatic rings. The molecule has 1 heterocycles. The van der Waals surface area contributed by atoms with Gasteiger partial charge in [-0.3, -0.25) is 10.2 Å². The molecular formula is C15H26N2. The summed E-state index contributed by atoms with van der Waals surface area (Å²) in [5, 5.41) is 3.55. The molecule has 1 fully saturated rings. The van der Waals surface area contributed by atoms with Gasteiger partial charge in [0.1, 0.15) is 0 Å². The van der Waals surface area contributed by atoms with Gasteiger partial charge < -0.3 is 0 Å². The van der Waals surface area contributed by atoms with Crippen molar-refractivity contribution in [1.82, 2.24) is 10.2 Å². The molecule has 1 aliphatic rings. The Balaban J connectivity index is 2.32. The van der Waals surface area contributed by atoms with Crippen LogP contribution in [0.4, 0.5) is 0 Å². The molecule has 0 aromatic heterocycles. The maximum Gasteiger partial charge on any atom is 0.0743 e. The fourth-order valence-electron chi connectivity index (χ4n) is 2.12. The van der Waals surface area contributed by atoms with Crippen LogP contribution >= 0.6 is 0 Å². The molecule has 1 saturated heterocycles. The molecule has 0 radical (unpaired) electrons. The molecule has 0 aromatic carbocycles. The average Bonchev–Trinajstić information content (AvgIpc) is 2.28. The number of allylic oxidation sites excluding steroid dienone is 1. The number of nitrogens with one attached hydrogen (secondary N) is 1. The van der Waals surface area contributed by atoms with Crippen LogP contribution < -0.4 is 5.32 Å². The Bertz CT molecular complexity index is 297. The highest BCUT2D eigenvalue weighted by Gasteiger charge is 2.23. The highest BCUT2D eigenvalue weighted by atomic mass is 15.1. The average molecular weight is 234 g/mol. The lowest BCUT2D eigenvalue weighted by Gasteiger charge is -2.35. The molecule has 1 rings (SSSR count). The van der Waals surface area contributed by atoms with Crippen LogP contribution in [0.15, 0.2) is 11.6 Å². The summed E-state index contributed by atoms with van der Waals surface area (Å²) in [7, 11) is 0. The summed E-state index contributed by atoms with van der Waals surface area (Å²) in [4.78, 5) is 2.51. The minimum absolute atomic E-state index is 0.174. The fraction of sp³-hybridized carbons (Fsp3) is 0.733. The van der Waals surface area contributed by atoms with Crippen molar-refractivity contribution in [3.8, 4) is 12.3 Å². The van der Waals surface area contributed by atoms with Gasteiger partial charge in [-0.1, -0.05) is 17.6 Å². The zero-order valence-electron chi connectivity index (χ0n) is 11.7. The van der Waals surface area contributed by atoms with Crippen molar-refractivity contribution in [2.24, 2.45) is 0 Å². The molecule has 1 aliphatic heterocycles. The highest BCUT2D eigenvalue weighted by molar-refractivity contribution is 5.08. The first kappa shape index (κ1) is 14.3. The molecule has 1 N–H and O–H groups in total. The summed E-state index contributed by atoms with van der Waals surface area (Å²) in [6.45, 7) is 11.9. The minimum Gasteiger partial charge on any atom is -0.300 e. The summed E-state index contributed by atoms with van der Waals surface area (Å²) in [5.41, 5.74) is 1.23. The maximum absolute atomic E-state index is 5.50. The van der Waals surface area contributed by atoms with Gasteiger partial charge in [0.15, 0.2) is 0 Å². The number of hydrogen-bond donors (Lipinski definition) is 1. The lowest BCUT2D eigenvalue weighted by atomic mass is 9.99. The predicted octanol–water partition coefficient (Wildman–Crippen LogP) is 2.42. The van der Waals surface area contributed by atoms with Crippen LogP contribution in [0.3, 0.4) is 0 Å². The molecule has 0 amide bonds. The number of terminal acetylenes is 1. The molecule has 0 spiro atoms. The molecule has 0 saturated carbocycles. The van der Waals surface area contributed by atoms with Crippen LogP contribution in [0, 0.1) is 12.3 Å². The first-order valence-electron chi connectivity index (χ1n) is 6.54. The first-order chi connectivity index (χ1) is 7.93. The normalized spacial score (nSPS) is 18.8. The summed E-state index contributed by atoms with van der Waals surface area (Å²) in [6.07, 6.45) is 10.2. The van der Waals surface area contributed by atoms with Crippen molar-refractivity contribution < 1.29 is 0 Å². The zero-order chi connectivity index (χ0) is 12.9.